The minimum atomic E-state index is 0.904. The van der Waals surface area contributed by atoms with Crippen LogP contribution in [0.15, 0.2) is 10.5 Å². The molecule has 1 aliphatic heterocycles. The van der Waals surface area contributed by atoms with Crippen molar-refractivity contribution in [2.24, 2.45) is 5.92 Å². The SMILES string of the molecule is Cc1sc(CC2CCNCC2)cc1Br. The molecule has 0 radical (unpaired) electrons. The predicted octanol–water partition coefficient (Wildman–Crippen LogP) is 3.36. The Hall–Kier alpha value is 0.140. The summed E-state index contributed by atoms with van der Waals surface area (Å²) >= 11 is 5.52. The van der Waals surface area contributed by atoms with Crippen molar-refractivity contribution in [2.45, 2.75) is 26.2 Å². The van der Waals surface area contributed by atoms with Gasteiger partial charge in [-0.2, -0.15) is 0 Å². The fraction of sp³-hybridized carbons (Fsp3) is 0.636. The van der Waals surface area contributed by atoms with Crippen LogP contribution < -0.4 is 5.32 Å². The second-order valence-corrected chi connectivity index (χ2v) is 6.21. The fourth-order valence-corrected chi connectivity index (χ4v) is 3.70. The molecule has 0 amide bonds. The number of hydrogen-bond acceptors (Lipinski definition) is 2. The fourth-order valence-electron chi connectivity index (χ4n) is 1.99. The van der Waals surface area contributed by atoms with Crippen LogP contribution in [-0.4, -0.2) is 13.1 Å². The quantitative estimate of drug-likeness (QED) is 0.872. The van der Waals surface area contributed by atoms with E-state index in [1.54, 1.807) is 4.88 Å². The summed E-state index contributed by atoms with van der Waals surface area (Å²) in [6.07, 6.45) is 3.96. The lowest BCUT2D eigenvalue weighted by Crippen LogP contribution is -2.28. The van der Waals surface area contributed by atoms with Gasteiger partial charge in [-0.15, -0.1) is 11.3 Å². The summed E-state index contributed by atoms with van der Waals surface area (Å²) in [4.78, 5) is 2.95. The van der Waals surface area contributed by atoms with Gasteiger partial charge in [0.1, 0.15) is 0 Å². The molecule has 1 aromatic rings. The minimum absolute atomic E-state index is 0.904. The van der Waals surface area contributed by atoms with Gasteiger partial charge in [0, 0.05) is 14.2 Å². The topological polar surface area (TPSA) is 12.0 Å². The minimum Gasteiger partial charge on any atom is -0.317 e. The molecule has 1 N–H and O–H groups in total. The smallest absolute Gasteiger partial charge is 0.0314 e. The van der Waals surface area contributed by atoms with Crippen LogP contribution in [0, 0.1) is 12.8 Å². The summed E-state index contributed by atoms with van der Waals surface area (Å²) < 4.78 is 1.28. The number of aryl methyl sites for hydroxylation is 1. The third kappa shape index (κ3) is 2.59. The zero-order valence-corrected chi connectivity index (χ0v) is 10.9. The van der Waals surface area contributed by atoms with Gasteiger partial charge in [0.2, 0.25) is 0 Å². The van der Waals surface area contributed by atoms with Crippen molar-refractivity contribution < 1.29 is 0 Å². The van der Waals surface area contributed by atoms with E-state index in [9.17, 15) is 0 Å². The summed E-state index contributed by atoms with van der Waals surface area (Å²) in [5.74, 6) is 0.904. The molecule has 1 aliphatic rings. The standard InChI is InChI=1S/C11H16BrNS/c1-8-11(12)7-10(14-8)6-9-2-4-13-5-3-9/h7,9,13H,2-6H2,1H3. The number of nitrogens with one attached hydrogen (secondary N) is 1. The van der Waals surface area contributed by atoms with E-state index in [2.05, 4.69) is 34.2 Å². The van der Waals surface area contributed by atoms with Gasteiger partial charge >= 0.3 is 0 Å². The first-order valence-electron chi connectivity index (χ1n) is 5.21. The Kier molecular flexibility index (Phi) is 3.63. The first kappa shape index (κ1) is 10.7. The van der Waals surface area contributed by atoms with Gasteiger partial charge in [-0.3, -0.25) is 0 Å². The zero-order chi connectivity index (χ0) is 9.97. The highest BCUT2D eigenvalue weighted by Gasteiger charge is 2.14. The monoisotopic (exact) mass is 273 g/mol. The van der Waals surface area contributed by atoms with Gasteiger partial charge in [-0.05, 0) is 67.2 Å². The molecule has 78 valence electrons. The van der Waals surface area contributed by atoms with Crippen LogP contribution in [0.5, 0.6) is 0 Å². The van der Waals surface area contributed by atoms with Crippen molar-refractivity contribution >= 4 is 27.3 Å². The Balaban J connectivity index is 1.95. The van der Waals surface area contributed by atoms with Crippen LogP contribution in [0.25, 0.3) is 0 Å². The molecule has 2 rings (SSSR count). The van der Waals surface area contributed by atoms with Gasteiger partial charge in [-0.1, -0.05) is 0 Å². The molecule has 0 aliphatic carbocycles. The van der Waals surface area contributed by atoms with Crippen molar-refractivity contribution in [3.63, 3.8) is 0 Å². The maximum Gasteiger partial charge on any atom is 0.0314 e. The van der Waals surface area contributed by atoms with Crippen LogP contribution >= 0.6 is 27.3 Å². The van der Waals surface area contributed by atoms with Crippen LogP contribution in [-0.2, 0) is 6.42 Å². The average Bonchev–Trinajstić information content (AvgIpc) is 2.47. The molecule has 1 aromatic heterocycles. The lowest BCUT2D eigenvalue weighted by Gasteiger charge is -2.21. The summed E-state index contributed by atoms with van der Waals surface area (Å²) in [6, 6.07) is 2.29. The Morgan fingerprint density at radius 2 is 2.21 bits per heavy atom. The number of piperidine rings is 1. The average molecular weight is 274 g/mol. The van der Waals surface area contributed by atoms with E-state index in [0.29, 0.717) is 0 Å². The van der Waals surface area contributed by atoms with Crippen molar-refractivity contribution in [3.8, 4) is 0 Å². The van der Waals surface area contributed by atoms with Gasteiger partial charge in [-0.25, -0.2) is 0 Å². The predicted molar refractivity (Wildman–Crippen MR) is 66.1 cm³/mol. The zero-order valence-electron chi connectivity index (χ0n) is 8.48. The Morgan fingerprint density at radius 1 is 1.50 bits per heavy atom. The molecule has 0 unspecified atom stereocenters. The summed E-state index contributed by atoms with van der Waals surface area (Å²) in [5.41, 5.74) is 0. The maximum absolute atomic E-state index is 3.58. The third-order valence-corrected chi connectivity index (χ3v) is 5.02. The van der Waals surface area contributed by atoms with Crippen molar-refractivity contribution in [1.29, 1.82) is 0 Å². The van der Waals surface area contributed by atoms with Gasteiger partial charge < -0.3 is 5.32 Å². The largest absolute Gasteiger partial charge is 0.317 e. The molecule has 14 heavy (non-hydrogen) atoms. The van der Waals surface area contributed by atoms with E-state index < -0.39 is 0 Å². The van der Waals surface area contributed by atoms with E-state index in [0.717, 1.165) is 5.92 Å². The van der Waals surface area contributed by atoms with E-state index in [1.165, 1.54) is 41.7 Å². The number of rotatable bonds is 2. The van der Waals surface area contributed by atoms with Gasteiger partial charge in [0.05, 0.1) is 0 Å². The molecular weight excluding hydrogens is 258 g/mol. The summed E-state index contributed by atoms with van der Waals surface area (Å²) in [7, 11) is 0. The highest BCUT2D eigenvalue weighted by molar-refractivity contribution is 9.10. The Labute approximate surface area is 98.0 Å². The number of hydrogen-bond donors (Lipinski definition) is 1. The summed E-state index contributed by atoms with van der Waals surface area (Å²) in [5, 5.41) is 3.41. The first-order valence-corrected chi connectivity index (χ1v) is 6.82. The normalized spacial score (nSPS) is 18.7. The molecular formula is C11H16BrNS. The van der Waals surface area contributed by atoms with E-state index in [-0.39, 0.29) is 0 Å². The lowest BCUT2D eigenvalue weighted by atomic mass is 9.94. The molecule has 1 saturated heterocycles. The second kappa shape index (κ2) is 4.77. The summed E-state index contributed by atoms with van der Waals surface area (Å²) in [6.45, 7) is 4.59. The number of halogens is 1. The van der Waals surface area contributed by atoms with Crippen LogP contribution in [0.2, 0.25) is 0 Å². The van der Waals surface area contributed by atoms with Crippen molar-refractivity contribution in [3.05, 3.63) is 20.3 Å². The van der Waals surface area contributed by atoms with Gasteiger partial charge in [0.15, 0.2) is 0 Å². The maximum atomic E-state index is 3.58. The van der Waals surface area contributed by atoms with Crippen LogP contribution in [0.1, 0.15) is 22.6 Å². The molecule has 0 bridgehead atoms. The molecule has 1 fully saturated rings. The van der Waals surface area contributed by atoms with E-state index >= 15 is 0 Å². The molecule has 1 nitrogen and oxygen atoms in total. The Morgan fingerprint density at radius 3 is 2.79 bits per heavy atom. The van der Waals surface area contributed by atoms with E-state index in [4.69, 9.17) is 0 Å². The highest BCUT2D eigenvalue weighted by atomic mass is 79.9. The Bertz CT molecular complexity index is 283. The van der Waals surface area contributed by atoms with E-state index in [1.807, 2.05) is 11.3 Å². The van der Waals surface area contributed by atoms with Crippen molar-refractivity contribution in [2.75, 3.05) is 13.1 Å². The second-order valence-electron chi connectivity index (χ2n) is 4.01. The number of thiophene rings is 1. The molecule has 0 aromatic carbocycles. The third-order valence-electron chi connectivity index (χ3n) is 2.86. The van der Waals surface area contributed by atoms with Crippen LogP contribution in [0.3, 0.4) is 0 Å². The molecule has 0 spiro atoms. The van der Waals surface area contributed by atoms with Gasteiger partial charge in [0.25, 0.3) is 0 Å². The van der Waals surface area contributed by atoms with Crippen LogP contribution in [0.4, 0.5) is 0 Å². The van der Waals surface area contributed by atoms with Crippen molar-refractivity contribution in [1.82, 2.24) is 5.32 Å². The molecule has 0 atom stereocenters. The molecule has 2 heterocycles. The lowest BCUT2D eigenvalue weighted by molar-refractivity contribution is 0.374. The molecule has 0 saturated carbocycles. The molecule has 3 heteroatoms. The first-order chi connectivity index (χ1) is 6.75. The highest BCUT2D eigenvalue weighted by Crippen LogP contribution is 2.29.